The van der Waals surface area contributed by atoms with Crippen LogP contribution in [0.2, 0.25) is 0 Å². The van der Waals surface area contributed by atoms with Crippen LogP contribution in [-0.4, -0.2) is 59.1 Å². The van der Waals surface area contributed by atoms with Crippen LogP contribution >= 0.6 is 0 Å². The van der Waals surface area contributed by atoms with Crippen LogP contribution in [-0.2, 0) is 14.4 Å². The number of rotatable bonds is 6. The van der Waals surface area contributed by atoms with E-state index in [0.29, 0.717) is 31.5 Å². The minimum absolute atomic E-state index is 0.0265. The SMILES string of the molecule is CC1(C)C2CN(C(=O)c3cc4ccccc4[nH]3)C(C(=O)NC(C=O)CC3CCNC3=O)C21. The third-order valence-electron chi connectivity index (χ3n) is 7.69. The van der Waals surface area contributed by atoms with Crippen molar-refractivity contribution in [2.24, 2.45) is 23.2 Å². The number of aldehydes is 1. The highest BCUT2D eigenvalue weighted by Gasteiger charge is 2.69. The van der Waals surface area contributed by atoms with E-state index in [4.69, 9.17) is 0 Å². The molecule has 1 saturated carbocycles. The molecule has 32 heavy (non-hydrogen) atoms. The van der Waals surface area contributed by atoms with E-state index in [1.54, 1.807) is 4.90 Å². The van der Waals surface area contributed by atoms with Crippen molar-refractivity contribution >= 4 is 34.9 Å². The molecule has 168 valence electrons. The predicted molar refractivity (Wildman–Crippen MR) is 118 cm³/mol. The van der Waals surface area contributed by atoms with Crippen molar-refractivity contribution in [1.82, 2.24) is 20.5 Å². The molecule has 2 saturated heterocycles. The van der Waals surface area contributed by atoms with Gasteiger partial charge in [-0.2, -0.15) is 0 Å². The summed E-state index contributed by atoms with van der Waals surface area (Å²) in [7, 11) is 0. The Kier molecular flexibility index (Phi) is 4.83. The van der Waals surface area contributed by atoms with E-state index >= 15 is 0 Å². The molecule has 3 heterocycles. The summed E-state index contributed by atoms with van der Waals surface area (Å²) < 4.78 is 0. The van der Waals surface area contributed by atoms with Gasteiger partial charge in [-0.1, -0.05) is 32.0 Å². The number of aromatic nitrogens is 1. The highest BCUT2D eigenvalue weighted by atomic mass is 16.2. The molecule has 3 amide bonds. The maximum absolute atomic E-state index is 13.4. The lowest BCUT2D eigenvalue weighted by molar-refractivity contribution is -0.129. The van der Waals surface area contributed by atoms with Crippen LogP contribution in [0.25, 0.3) is 10.9 Å². The zero-order chi connectivity index (χ0) is 22.6. The molecular formula is C24H28N4O4. The number of benzene rings is 1. The van der Waals surface area contributed by atoms with E-state index in [2.05, 4.69) is 29.5 Å². The van der Waals surface area contributed by atoms with E-state index in [1.165, 1.54) is 0 Å². The van der Waals surface area contributed by atoms with Crippen LogP contribution in [0.5, 0.6) is 0 Å². The molecule has 0 spiro atoms. The second-order valence-corrected chi connectivity index (χ2v) is 9.89. The zero-order valence-corrected chi connectivity index (χ0v) is 18.3. The maximum Gasteiger partial charge on any atom is 0.271 e. The van der Waals surface area contributed by atoms with E-state index in [0.717, 1.165) is 10.9 Å². The van der Waals surface area contributed by atoms with Crippen LogP contribution in [0.1, 0.15) is 37.2 Å². The normalized spacial score (nSPS) is 28.8. The third kappa shape index (κ3) is 3.29. The molecular weight excluding hydrogens is 408 g/mol. The van der Waals surface area contributed by atoms with Gasteiger partial charge >= 0.3 is 0 Å². The third-order valence-corrected chi connectivity index (χ3v) is 7.69. The fourth-order valence-corrected chi connectivity index (χ4v) is 5.73. The summed E-state index contributed by atoms with van der Waals surface area (Å²) in [6.45, 7) is 5.35. The maximum atomic E-state index is 13.4. The number of hydrogen-bond donors (Lipinski definition) is 3. The number of piperidine rings is 1. The number of amides is 3. The van der Waals surface area contributed by atoms with Crippen molar-refractivity contribution in [2.75, 3.05) is 13.1 Å². The standard InChI is InChI=1S/C24H28N4O4/c1-24(2)16-11-28(23(32)18-10-13-5-3-4-6-17(13)27-18)20(19(16)24)22(31)26-15(12-29)9-14-7-8-25-21(14)30/h3-6,10,12,14-16,19-20,27H,7-9,11H2,1-2H3,(H,25,30)(H,26,31). The number of H-pyrrole nitrogens is 1. The smallest absolute Gasteiger partial charge is 0.271 e. The first-order valence-electron chi connectivity index (χ1n) is 11.2. The summed E-state index contributed by atoms with van der Waals surface area (Å²) in [5, 5.41) is 6.52. The number of carbonyl (C=O) groups is 4. The first-order chi connectivity index (χ1) is 15.3. The Morgan fingerprint density at radius 2 is 2.09 bits per heavy atom. The van der Waals surface area contributed by atoms with E-state index < -0.39 is 12.1 Å². The fourth-order valence-electron chi connectivity index (χ4n) is 5.73. The van der Waals surface area contributed by atoms with Gasteiger partial charge in [0.15, 0.2) is 0 Å². The van der Waals surface area contributed by atoms with Crippen molar-refractivity contribution in [1.29, 1.82) is 0 Å². The van der Waals surface area contributed by atoms with Crippen molar-refractivity contribution in [3.63, 3.8) is 0 Å². The van der Waals surface area contributed by atoms with Crippen molar-refractivity contribution in [3.05, 3.63) is 36.0 Å². The molecule has 3 N–H and O–H groups in total. The van der Waals surface area contributed by atoms with Gasteiger partial charge in [-0.3, -0.25) is 14.4 Å². The minimum Gasteiger partial charge on any atom is -0.356 e. The summed E-state index contributed by atoms with van der Waals surface area (Å²) in [4.78, 5) is 55.1. The second kappa shape index (κ2) is 7.46. The number of nitrogens with one attached hydrogen (secondary N) is 3. The molecule has 0 radical (unpaired) electrons. The monoisotopic (exact) mass is 436 g/mol. The number of nitrogens with zero attached hydrogens (tertiary/aromatic N) is 1. The van der Waals surface area contributed by atoms with Gasteiger partial charge in [-0.05, 0) is 42.2 Å². The quantitative estimate of drug-likeness (QED) is 0.596. The lowest BCUT2D eigenvalue weighted by atomic mass is 9.97. The zero-order valence-electron chi connectivity index (χ0n) is 18.3. The van der Waals surface area contributed by atoms with E-state index in [9.17, 15) is 19.2 Å². The minimum atomic E-state index is -0.748. The summed E-state index contributed by atoms with van der Waals surface area (Å²) >= 11 is 0. The van der Waals surface area contributed by atoms with Crippen LogP contribution < -0.4 is 10.6 Å². The van der Waals surface area contributed by atoms with Gasteiger partial charge in [0.1, 0.15) is 18.0 Å². The molecule has 8 heteroatoms. The van der Waals surface area contributed by atoms with E-state index in [1.807, 2.05) is 30.3 Å². The fraction of sp³-hybridized carbons (Fsp3) is 0.500. The summed E-state index contributed by atoms with van der Waals surface area (Å²) in [5.74, 6) is -0.570. The van der Waals surface area contributed by atoms with Gasteiger partial charge in [0, 0.05) is 29.9 Å². The Bertz CT molecular complexity index is 1070. The average Bonchev–Trinajstić information content (AvgIpc) is 3.29. The Balaban J connectivity index is 1.35. The molecule has 3 fully saturated rings. The summed E-state index contributed by atoms with van der Waals surface area (Å²) in [5.41, 5.74) is 1.30. The number of likely N-dealkylation sites (tertiary alicyclic amines) is 1. The van der Waals surface area contributed by atoms with Gasteiger partial charge in [0.25, 0.3) is 5.91 Å². The van der Waals surface area contributed by atoms with Gasteiger partial charge in [-0.25, -0.2) is 0 Å². The summed E-state index contributed by atoms with van der Waals surface area (Å²) in [6, 6.07) is 8.10. The number of hydrogen-bond acceptors (Lipinski definition) is 4. The molecule has 5 atom stereocenters. The molecule has 2 aromatic rings. The topological polar surface area (TPSA) is 111 Å². The molecule has 3 aliphatic rings. The number of carbonyl (C=O) groups excluding carboxylic acids is 4. The summed E-state index contributed by atoms with van der Waals surface area (Å²) in [6.07, 6.45) is 1.63. The highest BCUT2D eigenvalue weighted by Crippen LogP contribution is 2.65. The molecule has 5 unspecified atom stereocenters. The molecule has 1 aliphatic carbocycles. The van der Waals surface area contributed by atoms with Gasteiger partial charge in [-0.15, -0.1) is 0 Å². The Hall–Kier alpha value is -3.16. The first-order valence-corrected chi connectivity index (χ1v) is 11.2. The Labute approximate surface area is 186 Å². The van der Waals surface area contributed by atoms with Gasteiger partial charge in [0.2, 0.25) is 11.8 Å². The van der Waals surface area contributed by atoms with Gasteiger partial charge in [0.05, 0.1) is 6.04 Å². The lowest BCUT2D eigenvalue weighted by Crippen LogP contribution is -2.52. The molecule has 1 aromatic heterocycles. The number of fused-ring (bicyclic) bond motifs is 2. The largest absolute Gasteiger partial charge is 0.356 e. The van der Waals surface area contributed by atoms with Crippen LogP contribution in [0.4, 0.5) is 0 Å². The molecule has 5 rings (SSSR count). The second-order valence-electron chi connectivity index (χ2n) is 9.89. The molecule has 8 nitrogen and oxygen atoms in total. The highest BCUT2D eigenvalue weighted by molar-refractivity contribution is 6.01. The van der Waals surface area contributed by atoms with Gasteiger partial charge < -0.3 is 25.3 Å². The van der Waals surface area contributed by atoms with Crippen LogP contribution in [0.15, 0.2) is 30.3 Å². The first kappa shape index (κ1) is 20.7. The average molecular weight is 437 g/mol. The van der Waals surface area contributed by atoms with Crippen LogP contribution in [0, 0.1) is 23.2 Å². The predicted octanol–water partition coefficient (Wildman–Crippen LogP) is 1.47. The van der Waals surface area contributed by atoms with Crippen molar-refractivity contribution < 1.29 is 19.2 Å². The Morgan fingerprint density at radius 1 is 1.31 bits per heavy atom. The number of aromatic amines is 1. The van der Waals surface area contributed by atoms with Crippen LogP contribution in [0.3, 0.4) is 0 Å². The van der Waals surface area contributed by atoms with E-state index in [-0.39, 0.29) is 47.3 Å². The Morgan fingerprint density at radius 3 is 2.78 bits per heavy atom. The van der Waals surface area contributed by atoms with Crippen molar-refractivity contribution in [2.45, 2.75) is 38.8 Å². The molecule has 0 bridgehead atoms. The number of para-hydroxylation sites is 1. The van der Waals surface area contributed by atoms with Crippen molar-refractivity contribution in [3.8, 4) is 0 Å². The molecule has 2 aliphatic heterocycles. The molecule has 1 aromatic carbocycles. The lowest BCUT2D eigenvalue weighted by Gasteiger charge is -2.30.